The second-order valence-corrected chi connectivity index (χ2v) is 6.94. The van der Waals surface area contributed by atoms with E-state index in [9.17, 15) is 9.59 Å². The van der Waals surface area contributed by atoms with Crippen LogP contribution in [0.25, 0.3) is 0 Å². The van der Waals surface area contributed by atoms with Gasteiger partial charge in [-0.1, -0.05) is 30.3 Å². The van der Waals surface area contributed by atoms with Crippen molar-refractivity contribution in [2.24, 2.45) is 0 Å². The van der Waals surface area contributed by atoms with Crippen LogP contribution in [0.4, 0.5) is 0 Å². The molecule has 6 heteroatoms. The minimum absolute atomic E-state index is 0.106. The van der Waals surface area contributed by atoms with E-state index in [1.165, 1.54) is 6.92 Å². The lowest BCUT2D eigenvalue weighted by atomic mass is 10.1. The Balaban J connectivity index is 1.73. The summed E-state index contributed by atoms with van der Waals surface area (Å²) in [5.41, 5.74) is 1.94. The van der Waals surface area contributed by atoms with Gasteiger partial charge in [0.05, 0.1) is 18.6 Å². The maximum absolute atomic E-state index is 12.7. The summed E-state index contributed by atoms with van der Waals surface area (Å²) in [5.74, 6) is 0.335. The first kappa shape index (κ1) is 16.6. The van der Waals surface area contributed by atoms with E-state index >= 15 is 0 Å². The number of carbonyl (C=O) groups excluding carboxylic acids is 2. The maximum Gasteiger partial charge on any atom is 0.244 e. The summed E-state index contributed by atoms with van der Waals surface area (Å²) in [6.07, 6.45) is 3.21. The largest absolute Gasteiger partial charge is 0.472 e. The molecule has 126 valence electrons. The average Bonchev–Trinajstić information content (AvgIpc) is 3.24. The van der Waals surface area contributed by atoms with Crippen LogP contribution in [-0.2, 0) is 9.59 Å². The van der Waals surface area contributed by atoms with E-state index in [0.717, 1.165) is 11.1 Å². The van der Waals surface area contributed by atoms with Gasteiger partial charge in [0.1, 0.15) is 11.4 Å². The van der Waals surface area contributed by atoms with Gasteiger partial charge in [-0.3, -0.25) is 9.59 Å². The van der Waals surface area contributed by atoms with E-state index in [1.54, 1.807) is 29.2 Å². The topological polar surface area (TPSA) is 62.6 Å². The third kappa shape index (κ3) is 3.33. The molecule has 1 aromatic carbocycles. The fraction of sp³-hybridized carbons (Fsp3) is 0.333. The predicted molar refractivity (Wildman–Crippen MR) is 93.2 cm³/mol. The highest BCUT2D eigenvalue weighted by molar-refractivity contribution is 7.99. The molecule has 3 rings (SSSR count). The van der Waals surface area contributed by atoms with Crippen molar-refractivity contribution in [2.75, 3.05) is 5.75 Å². The third-order valence-electron chi connectivity index (χ3n) is 4.15. The van der Waals surface area contributed by atoms with Crippen LogP contribution in [0.15, 0.2) is 53.3 Å². The van der Waals surface area contributed by atoms with Gasteiger partial charge in [0.15, 0.2) is 0 Å². The van der Waals surface area contributed by atoms with Gasteiger partial charge in [0.2, 0.25) is 11.8 Å². The average molecular weight is 344 g/mol. The van der Waals surface area contributed by atoms with Crippen molar-refractivity contribution >= 4 is 23.6 Å². The summed E-state index contributed by atoms with van der Waals surface area (Å²) >= 11 is 1.58. The highest BCUT2D eigenvalue weighted by atomic mass is 32.2. The van der Waals surface area contributed by atoms with Gasteiger partial charge < -0.3 is 14.6 Å². The smallest absolute Gasteiger partial charge is 0.244 e. The Hall–Kier alpha value is -2.21. The van der Waals surface area contributed by atoms with Crippen molar-refractivity contribution < 1.29 is 14.0 Å². The highest BCUT2D eigenvalue weighted by Crippen LogP contribution is 2.41. The molecule has 0 saturated carbocycles. The molecule has 1 aliphatic heterocycles. The van der Waals surface area contributed by atoms with Crippen LogP contribution in [0.2, 0.25) is 0 Å². The van der Waals surface area contributed by atoms with Gasteiger partial charge in [0, 0.05) is 18.2 Å². The molecule has 2 amide bonds. The quantitative estimate of drug-likeness (QED) is 0.926. The summed E-state index contributed by atoms with van der Waals surface area (Å²) in [6.45, 7) is 3.45. The number of carbonyl (C=O) groups is 2. The molecule has 2 aromatic rings. The van der Waals surface area contributed by atoms with Gasteiger partial charge in [-0.15, -0.1) is 11.8 Å². The molecule has 0 bridgehead atoms. The molecule has 3 atom stereocenters. The van der Waals surface area contributed by atoms with Crippen molar-refractivity contribution in [3.05, 3.63) is 60.1 Å². The van der Waals surface area contributed by atoms with Crippen molar-refractivity contribution in [1.29, 1.82) is 0 Å². The van der Waals surface area contributed by atoms with Gasteiger partial charge >= 0.3 is 0 Å². The van der Waals surface area contributed by atoms with E-state index in [-0.39, 0.29) is 23.2 Å². The maximum atomic E-state index is 12.7. The number of furan rings is 1. The minimum Gasteiger partial charge on any atom is -0.472 e. The molecular weight excluding hydrogens is 324 g/mol. The SMILES string of the molecule is CC(=O)N1[C@@H](C(=O)N[C@@H](C)c2ccccc2)CS[C@@H]1c1ccoc1. The summed E-state index contributed by atoms with van der Waals surface area (Å²) in [6, 6.07) is 11.0. The molecule has 0 spiro atoms. The Morgan fingerprint density at radius 1 is 1.29 bits per heavy atom. The monoisotopic (exact) mass is 344 g/mol. The Kier molecular flexibility index (Phi) is 4.94. The molecule has 0 aliphatic carbocycles. The second kappa shape index (κ2) is 7.13. The van der Waals surface area contributed by atoms with Gasteiger partial charge in [-0.25, -0.2) is 0 Å². The Bertz CT molecular complexity index is 702. The van der Waals surface area contributed by atoms with Crippen LogP contribution < -0.4 is 5.32 Å². The molecule has 24 heavy (non-hydrogen) atoms. The lowest BCUT2D eigenvalue weighted by Gasteiger charge is -2.28. The van der Waals surface area contributed by atoms with E-state index in [2.05, 4.69) is 5.32 Å². The third-order valence-corrected chi connectivity index (χ3v) is 5.48. The van der Waals surface area contributed by atoms with Crippen molar-refractivity contribution in [2.45, 2.75) is 31.3 Å². The zero-order valence-corrected chi connectivity index (χ0v) is 14.5. The predicted octanol–water partition coefficient (Wildman–Crippen LogP) is 3.12. The minimum atomic E-state index is -0.474. The van der Waals surface area contributed by atoms with E-state index in [1.807, 2.05) is 43.3 Å². The Labute approximate surface area is 145 Å². The molecule has 1 N–H and O–H groups in total. The molecule has 1 saturated heterocycles. The van der Waals surface area contributed by atoms with E-state index in [4.69, 9.17) is 4.42 Å². The van der Waals surface area contributed by atoms with Crippen molar-refractivity contribution in [3.63, 3.8) is 0 Å². The summed E-state index contributed by atoms with van der Waals surface area (Å²) in [4.78, 5) is 26.5. The van der Waals surface area contributed by atoms with Gasteiger partial charge in [-0.05, 0) is 18.6 Å². The van der Waals surface area contributed by atoms with Crippen LogP contribution in [0.3, 0.4) is 0 Å². The number of hydrogen-bond donors (Lipinski definition) is 1. The Morgan fingerprint density at radius 3 is 2.67 bits per heavy atom. The Morgan fingerprint density at radius 2 is 2.04 bits per heavy atom. The summed E-state index contributed by atoms with van der Waals surface area (Å²) in [5, 5.41) is 2.84. The van der Waals surface area contributed by atoms with Crippen LogP contribution in [0.5, 0.6) is 0 Å². The standard InChI is InChI=1S/C18H20N2O3S/c1-12(14-6-4-3-5-7-14)19-17(22)16-11-24-18(20(16)13(2)21)15-8-9-23-10-15/h3-10,12,16,18H,11H2,1-2H3,(H,19,22)/t12-,16+,18+/m0/s1. The fourth-order valence-corrected chi connectivity index (χ4v) is 4.36. The molecule has 0 radical (unpaired) electrons. The van der Waals surface area contributed by atoms with Gasteiger partial charge in [0.25, 0.3) is 0 Å². The van der Waals surface area contributed by atoms with E-state index < -0.39 is 6.04 Å². The number of benzene rings is 1. The molecule has 5 nitrogen and oxygen atoms in total. The molecule has 1 aromatic heterocycles. The van der Waals surface area contributed by atoms with Gasteiger partial charge in [-0.2, -0.15) is 0 Å². The van der Waals surface area contributed by atoms with E-state index in [0.29, 0.717) is 5.75 Å². The molecular formula is C18H20N2O3S. The molecule has 2 heterocycles. The first-order chi connectivity index (χ1) is 11.6. The number of nitrogens with one attached hydrogen (secondary N) is 1. The number of rotatable bonds is 4. The number of hydrogen-bond acceptors (Lipinski definition) is 4. The zero-order chi connectivity index (χ0) is 17.1. The van der Waals surface area contributed by atoms with Crippen LogP contribution >= 0.6 is 11.8 Å². The van der Waals surface area contributed by atoms with Crippen LogP contribution in [0.1, 0.15) is 36.4 Å². The first-order valence-electron chi connectivity index (χ1n) is 7.86. The fourth-order valence-electron chi connectivity index (χ4n) is 2.90. The van der Waals surface area contributed by atoms with Crippen molar-refractivity contribution in [1.82, 2.24) is 10.2 Å². The first-order valence-corrected chi connectivity index (χ1v) is 8.90. The number of amides is 2. The van der Waals surface area contributed by atoms with Crippen LogP contribution in [0, 0.1) is 0 Å². The molecule has 1 aliphatic rings. The normalized spacial score (nSPS) is 21.5. The van der Waals surface area contributed by atoms with Crippen molar-refractivity contribution in [3.8, 4) is 0 Å². The summed E-state index contributed by atoms with van der Waals surface area (Å²) < 4.78 is 5.12. The highest BCUT2D eigenvalue weighted by Gasteiger charge is 2.41. The lowest BCUT2D eigenvalue weighted by Crippen LogP contribution is -2.47. The molecule has 1 fully saturated rings. The number of thioether (sulfide) groups is 1. The van der Waals surface area contributed by atoms with Crippen LogP contribution in [-0.4, -0.2) is 28.5 Å². The molecule has 0 unspecified atom stereocenters. The second-order valence-electron chi connectivity index (χ2n) is 5.83. The number of nitrogens with zero attached hydrogens (tertiary/aromatic N) is 1. The zero-order valence-electron chi connectivity index (χ0n) is 13.6. The summed E-state index contributed by atoms with van der Waals surface area (Å²) in [7, 11) is 0. The lowest BCUT2D eigenvalue weighted by molar-refractivity contribution is -0.138.